The maximum absolute atomic E-state index is 13.0. The number of carbonyl (C=O) groups is 1. The van der Waals surface area contributed by atoms with Crippen LogP contribution in [0.25, 0.3) is 0 Å². The highest BCUT2D eigenvalue weighted by molar-refractivity contribution is 7.89. The molecule has 0 fully saturated rings. The van der Waals surface area contributed by atoms with Crippen LogP contribution in [0.1, 0.15) is 29.2 Å². The summed E-state index contributed by atoms with van der Waals surface area (Å²) in [6.45, 7) is 2.15. The summed E-state index contributed by atoms with van der Waals surface area (Å²) in [5, 5.41) is 2.85. The molecule has 8 heteroatoms. The van der Waals surface area contributed by atoms with Crippen molar-refractivity contribution in [2.75, 3.05) is 14.2 Å². The summed E-state index contributed by atoms with van der Waals surface area (Å²) in [5.41, 5.74) is 2.44. The topological polar surface area (TPSA) is 93.7 Å². The van der Waals surface area contributed by atoms with E-state index in [0.29, 0.717) is 17.1 Å². The molecule has 0 aliphatic rings. The first kappa shape index (κ1) is 24.3. The van der Waals surface area contributed by atoms with Gasteiger partial charge < -0.3 is 14.8 Å². The summed E-state index contributed by atoms with van der Waals surface area (Å²) in [4.78, 5) is 12.9. The van der Waals surface area contributed by atoms with Crippen molar-refractivity contribution in [1.29, 1.82) is 0 Å². The maximum atomic E-state index is 13.0. The molecule has 3 aromatic carbocycles. The number of hydrogen-bond donors (Lipinski definition) is 2. The zero-order chi connectivity index (χ0) is 23.8. The molecule has 7 nitrogen and oxygen atoms in total. The third-order valence-corrected chi connectivity index (χ3v) is 6.69. The number of carbonyl (C=O) groups excluding carboxylic acids is 1. The summed E-state index contributed by atoms with van der Waals surface area (Å²) in [6.07, 6.45) is -0.0768. The van der Waals surface area contributed by atoms with Gasteiger partial charge in [0.05, 0.1) is 25.2 Å². The second kappa shape index (κ2) is 11.0. The van der Waals surface area contributed by atoms with Gasteiger partial charge in [0.1, 0.15) is 11.5 Å². The lowest BCUT2D eigenvalue weighted by Crippen LogP contribution is -2.33. The van der Waals surface area contributed by atoms with Crippen LogP contribution in [0.3, 0.4) is 0 Å². The van der Waals surface area contributed by atoms with Crippen LogP contribution in [0.15, 0.2) is 77.7 Å². The number of rotatable bonds is 10. The smallest absolute Gasteiger partial charge is 0.241 e. The molecule has 0 heterocycles. The molecule has 0 saturated heterocycles. The van der Waals surface area contributed by atoms with Gasteiger partial charge in [-0.05, 0) is 42.8 Å². The third kappa shape index (κ3) is 6.57. The molecule has 174 valence electrons. The predicted octanol–water partition coefficient (Wildman–Crippen LogP) is 3.74. The van der Waals surface area contributed by atoms with E-state index >= 15 is 0 Å². The highest BCUT2D eigenvalue weighted by Gasteiger charge is 2.24. The first-order valence-corrected chi connectivity index (χ1v) is 11.9. The van der Waals surface area contributed by atoms with Gasteiger partial charge in [-0.1, -0.05) is 48.0 Å². The van der Waals surface area contributed by atoms with Crippen molar-refractivity contribution in [2.24, 2.45) is 0 Å². The number of hydrogen-bond acceptors (Lipinski definition) is 5. The van der Waals surface area contributed by atoms with Crippen molar-refractivity contribution in [3.63, 3.8) is 0 Å². The zero-order valence-electron chi connectivity index (χ0n) is 18.9. The van der Waals surface area contributed by atoms with Crippen LogP contribution in [-0.2, 0) is 21.4 Å². The second-order valence-corrected chi connectivity index (χ2v) is 9.27. The summed E-state index contributed by atoms with van der Waals surface area (Å²) in [6, 6.07) is 20.1. The fourth-order valence-corrected chi connectivity index (χ4v) is 4.56. The van der Waals surface area contributed by atoms with Gasteiger partial charge in [-0.2, -0.15) is 0 Å². The Balaban J connectivity index is 1.79. The molecule has 0 spiro atoms. The van der Waals surface area contributed by atoms with Crippen molar-refractivity contribution < 1.29 is 22.7 Å². The van der Waals surface area contributed by atoms with E-state index in [9.17, 15) is 13.2 Å². The van der Waals surface area contributed by atoms with Crippen molar-refractivity contribution in [3.8, 4) is 11.5 Å². The highest BCUT2D eigenvalue weighted by atomic mass is 32.2. The van der Waals surface area contributed by atoms with E-state index in [0.717, 1.165) is 11.1 Å². The summed E-state index contributed by atoms with van der Waals surface area (Å²) < 4.78 is 39.2. The number of benzene rings is 3. The first-order valence-electron chi connectivity index (χ1n) is 10.4. The Kier molecular flexibility index (Phi) is 8.08. The quantitative estimate of drug-likeness (QED) is 0.473. The molecule has 1 amide bonds. The van der Waals surface area contributed by atoms with Crippen molar-refractivity contribution >= 4 is 15.9 Å². The van der Waals surface area contributed by atoms with Crippen LogP contribution in [0.2, 0.25) is 0 Å². The summed E-state index contributed by atoms with van der Waals surface area (Å²) >= 11 is 0. The molecule has 0 aliphatic heterocycles. The Morgan fingerprint density at radius 1 is 0.909 bits per heavy atom. The van der Waals surface area contributed by atoms with Crippen LogP contribution in [0.4, 0.5) is 0 Å². The molecule has 3 aromatic rings. The minimum atomic E-state index is -3.84. The molecular formula is C25H28N2O5S. The Hall–Kier alpha value is -3.36. The lowest BCUT2D eigenvalue weighted by molar-refractivity contribution is -0.121. The van der Waals surface area contributed by atoms with E-state index < -0.39 is 16.1 Å². The maximum Gasteiger partial charge on any atom is 0.241 e. The molecule has 0 aromatic heterocycles. The second-order valence-electron chi connectivity index (χ2n) is 7.55. The van der Waals surface area contributed by atoms with Gasteiger partial charge >= 0.3 is 0 Å². The minimum Gasteiger partial charge on any atom is -0.497 e. The molecule has 3 rings (SSSR count). The number of aryl methyl sites for hydroxylation is 1. The normalized spacial score (nSPS) is 12.1. The Labute approximate surface area is 194 Å². The number of ether oxygens (including phenoxy) is 2. The number of methoxy groups -OCH3 is 2. The minimum absolute atomic E-state index is 0.0768. The average molecular weight is 469 g/mol. The van der Waals surface area contributed by atoms with Gasteiger partial charge in [0.15, 0.2) is 0 Å². The number of sulfonamides is 1. The van der Waals surface area contributed by atoms with Gasteiger partial charge in [0.25, 0.3) is 0 Å². The molecule has 33 heavy (non-hydrogen) atoms. The van der Waals surface area contributed by atoms with E-state index in [1.54, 1.807) is 62.8 Å². The fraction of sp³-hybridized carbons (Fsp3) is 0.240. The van der Waals surface area contributed by atoms with Crippen molar-refractivity contribution in [1.82, 2.24) is 10.0 Å². The van der Waals surface area contributed by atoms with Gasteiger partial charge in [0.2, 0.25) is 15.9 Å². The van der Waals surface area contributed by atoms with E-state index in [4.69, 9.17) is 9.47 Å². The van der Waals surface area contributed by atoms with Gasteiger partial charge in [-0.15, -0.1) is 0 Å². The van der Waals surface area contributed by atoms with E-state index in [-0.39, 0.29) is 23.8 Å². The van der Waals surface area contributed by atoms with E-state index in [1.807, 2.05) is 31.2 Å². The zero-order valence-corrected chi connectivity index (χ0v) is 19.7. The van der Waals surface area contributed by atoms with Crippen molar-refractivity contribution in [3.05, 3.63) is 89.5 Å². The summed E-state index contributed by atoms with van der Waals surface area (Å²) in [7, 11) is -0.722. The molecule has 0 aliphatic carbocycles. The molecule has 0 saturated carbocycles. The highest BCUT2D eigenvalue weighted by Crippen LogP contribution is 2.24. The third-order valence-electron chi connectivity index (χ3n) is 5.20. The van der Waals surface area contributed by atoms with E-state index in [2.05, 4.69) is 10.0 Å². The Morgan fingerprint density at radius 2 is 1.58 bits per heavy atom. The molecular weight excluding hydrogens is 440 g/mol. The molecule has 0 radical (unpaired) electrons. The predicted molar refractivity (Wildman–Crippen MR) is 127 cm³/mol. The van der Waals surface area contributed by atoms with Crippen LogP contribution in [-0.4, -0.2) is 28.5 Å². The molecule has 1 atom stereocenters. The Bertz CT molecular complexity index is 1180. The fourth-order valence-electron chi connectivity index (χ4n) is 3.34. The molecule has 2 N–H and O–H groups in total. The van der Waals surface area contributed by atoms with Gasteiger partial charge in [-0.25, -0.2) is 13.1 Å². The van der Waals surface area contributed by atoms with Crippen molar-refractivity contribution in [2.45, 2.75) is 30.8 Å². The number of para-hydroxylation sites is 1. The van der Waals surface area contributed by atoms with Crippen LogP contribution in [0, 0.1) is 6.92 Å². The van der Waals surface area contributed by atoms with Crippen LogP contribution in [0.5, 0.6) is 11.5 Å². The SMILES string of the molecule is COc1ccc([C@@H](CC(=O)NCc2ccccc2OC)NS(=O)(=O)c2ccc(C)cc2)cc1. The lowest BCUT2D eigenvalue weighted by Gasteiger charge is -2.20. The molecule has 0 unspecified atom stereocenters. The molecule has 0 bridgehead atoms. The van der Waals surface area contributed by atoms with E-state index in [1.165, 1.54) is 0 Å². The first-order chi connectivity index (χ1) is 15.8. The Morgan fingerprint density at radius 3 is 2.21 bits per heavy atom. The summed E-state index contributed by atoms with van der Waals surface area (Å²) in [5.74, 6) is 1.01. The monoisotopic (exact) mass is 468 g/mol. The lowest BCUT2D eigenvalue weighted by atomic mass is 10.0. The van der Waals surface area contributed by atoms with Crippen LogP contribution >= 0.6 is 0 Å². The number of amides is 1. The largest absolute Gasteiger partial charge is 0.497 e. The van der Waals surface area contributed by atoms with Gasteiger partial charge in [0, 0.05) is 18.5 Å². The number of nitrogens with one attached hydrogen (secondary N) is 2. The van der Waals surface area contributed by atoms with Crippen LogP contribution < -0.4 is 19.5 Å². The van der Waals surface area contributed by atoms with Gasteiger partial charge in [-0.3, -0.25) is 4.79 Å². The average Bonchev–Trinajstić information content (AvgIpc) is 2.82. The standard InChI is InChI=1S/C25H28N2O5S/c1-18-8-14-22(15-9-18)33(29,30)27-23(19-10-12-21(31-2)13-11-19)16-25(28)26-17-20-6-4-5-7-24(20)32-3/h4-15,23,27H,16-17H2,1-3H3,(H,26,28)/t23-/m1/s1.